The van der Waals surface area contributed by atoms with Crippen LogP contribution in [0.2, 0.25) is 0 Å². The molecule has 0 saturated carbocycles. The smallest absolute Gasteiger partial charge is 0.238 e. The van der Waals surface area contributed by atoms with Gasteiger partial charge in [-0.3, -0.25) is 4.79 Å². The minimum absolute atomic E-state index is 0.00186. The number of anilines is 1. The number of benzene rings is 2. The Hall–Kier alpha value is -2.26. The van der Waals surface area contributed by atoms with Crippen molar-refractivity contribution in [2.45, 2.75) is 18.9 Å². The molecule has 24 heavy (non-hydrogen) atoms. The summed E-state index contributed by atoms with van der Waals surface area (Å²) < 4.78 is 0. The molecule has 2 aromatic rings. The van der Waals surface area contributed by atoms with Crippen molar-refractivity contribution in [2.24, 2.45) is 0 Å². The number of para-hydroxylation sites is 1. The van der Waals surface area contributed by atoms with Crippen molar-refractivity contribution < 1.29 is 4.79 Å². The highest BCUT2D eigenvalue weighted by Gasteiger charge is 2.26. The second-order valence-electron chi connectivity index (χ2n) is 6.01. The largest absolute Gasteiger partial charge is 0.398 e. The Morgan fingerprint density at radius 3 is 2.54 bits per heavy atom. The van der Waals surface area contributed by atoms with E-state index in [4.69, 9.17) is 17.3 Å². The second-order valence-corrected chi connectivity index (χ2v) is 6.27. The Labute approximate surface area is 147 Å². The highest BCUT2D eigenvalue weighted by molar-refractivity contribution is 6.27. The van der Waals surface area contributed by atoms with Crippen LogP contribution >= 0.6 is 11.6 Å². The maximum atomic E-state index is 12.2. The first-order chi connectivity index (χ1) is 11.7. The van der Waals surface area contributed by atoms with E-state index in [1.165, 1.54) is 11.1 Å². The summed E-state index contributed by atoms with van der Waals surface area (Å²) in [5, 5.41) is 0. The summed E-state index contributed by atoms with van der Waals surface area (Å²) >= 11 is 5.80. The standard InChI is InChI=1S/C20H21ClN2O/c21-14-20(24)23-11-10-16(18-8-4-5-9-19(18)22)13-17(23)12-15-6-2-1-3-7-15/h1-9,13,17H,10-12,14,22H2. The molecule has 0 aliphatic carbocycles. The molecular weight excluding hydrogens is 320 g/mol. The Morgan fingerprint density at radius 1 is 1.12 bits per heavy atom. The lowest BCUT2D eigenvalue weighted by molar-refractivity contribution is -0.130. The van der Waals surface area contributed by atoms with Crippen molar-refractivity contribution in [3.63, 3.8) is 0 Å². The molecule has 1 heterocycles. The number of carbonyl (C=O) groups is 1. The van der Waals surface area contributed by atoms with Gasteiger partial charge in [-0.2, -0.15) is 0 Å². The molecular formula is C20H21ClN2O. The Bertz CT molecular complexity index is 742. The Balaban J connectivity index is 1.92. The lowest BCUT2D eigenvalue weighted by Crippen LogP contribution is -2.44. The lowest BCUT2D eigenvalue weighted by atomic mass is 9.92. The number of halogens is 1. The van der Waals surface area contributed by atoms with Gasteiger partial charge in [0, 0.05) is 17.8 Å². The average molecular weight is 341 g/mol. The zero-order chi connectivity index (χ0) is 16.9. The fraction of sp³-hybridized carbons (Fsp3) is 0.250. The Kier molecular flexibility index (Phi) is 5.21. The Morgan fingerprint density at radius 2 is 1.83 bits per heavy atom. The van der Waals surface area contributed by atoms with Crippen molar-refractivity contribution in [1.82, 2.24) is 4.90 Å². The molecule has 3 rings (SSSR count). The van der Waals surface area contributed by atoms with Gasteiger partial charge in [0.05, 0.1) is 6.04 Å². The van der Waals surface area contributed by atoms with Gasteiger partial charge in [0.2, 0.25) is 5.91 Å². The van der Waals surface area contributed by atoms with E-state index >= 15 is 0 Å². The molecule has 4 heteroatoms. The predicted molar refractivity (Wildman–Crippen MR) is 99.8 cm³/mol. The van der Waals surface area contributed by atoms with Gasteiger partial charge in [-0.15, -0.1) is 11.6 Å². The first-order valence-electron chi connectivity index (χ1n) is 8.14. The van der Waals surface area contributed by atoms with Crippen molar-refractivity contribution in [3.8, 4) is 0 Å². The van der Waals surface area contributed by atoms with E-state index in [1.807, 2.05) is 47.4 Å². The zero-order valence-electron chi connectivity index (χ0n) is 13.5. The minimum atomic E-state index is -0.0195. The zero-order valence-corrected chi connectivity index (χ0v) is 14.2. The fourth-order valence-corrected chi connectivity index (χ4v) is 3.39. The van der Waals surface area contributed by atoms with E-state index in [9.17, 15) is 4.79 Å². The van der Waals surface area contributed by atoms with Crippen LogP contribution in [0, 0.1) is 0 Å². The number of rotatable bonds is 4. The monoisotopic (exact) mass is 340 g/mol. The average Bonchev–Trinajstić information content (AvgIpc) is 2.62. The molecule has 1 aliphatic heterocycles. The van der Waals surface area contributed by atoms with E-state index in [1.54, 1.807) is 0 Å². The van der Waals surface area contributed by atoms with Crippen molar-refractivity contribution in [3.05, 3.63) is 71.8 Å². The quantitative estimate of drug-likeness (QED) is 0.681. The summed E-state index contributed by atoms with van der Waals surface area (Å²) in [5.41, 5.74) is 10.4. The molecule has 124 valence electrons. The maximum absolute atomic E-state index is 12.2. The molecule has 0 aromatic heterocycles. The third-order valence-corrected chi connectivity index (χ3v) is 4.67. The van der Waals surface area contributed by atoms with Crippen LogP contribution in [0.15, 0.2) is 60.7 Å². The molecule has 1 aliphatic rings. The van der Waals surface area contributed by atoms with E-state index in [2.05, 4.69) is 18.2 Å². The second kappa shape index (κ2) is 7.54. The summed E-state index contributed by atoms with van der Waals surface area (Å²) in [6.07, 6.45) is 3.74. The molecule has 1 unspecified atom stereocenters. The summed E-state index contributed by atoms with van der Waals surface area (Å²) in [7, 11) is 0. The summed E-state index contributed by atoms with van der Waals surface area (Å²) in [5.74, 6) is -0.00370. The van der Waals surface area contributed by atoms with Gasteiger partial charge in [-0.05, 0) is 30.0 Å². The van der Waals surface area contributed by atoms with Gasteiger partial charge < -0.3 is 10.6 Å². The summed E-state index contributed by atoms with van der Waals surface area (Å²) in [4.78, 5) is 14.1. The van der Waals surface area contributed by atoms with Gasteiger partial charge in [0.1, 0.15) is 5.88 Å². The van der Waals surface area contributed by atoms with Crippen LogP contribution in [0.25, 0.3) is 5.57 Å². The number of nitrogens with zero attached hydrogens (tertiary/aromatic N) is 1. The number of alkyl halides is 1. The molecule has 0 radical (unpaired) electrons. The molecule has 2 N–H and O–H groups in total. The molecule has 2 aromatic carbocycles. The molecule has 0 saturated heterocycles. The van der Waals surface area contributed by atoms with Gasteiger partial charge in [0.25, 0.3) is 0 Å². The molecule has 1 amide bonds. The highest BCUT2D eigenvalue weighted by atomic mass is 35.5. The van der Waals surface area contributed by atoms with Crippen LogP contribution in [0.3, 0.4) is 0 Å². The van der Waals surface area contributed by atoms with Gasteiger partial charge in [0.15, 0.2) is 0 Å². The van der Waals surface area contributed by atoms with Crippen molar-refractivity contribution in [1.29, 1.82) is 0 Å². The minimum Gasteiger partial charge on any atom is -0.398 e. The van der Waals surface area contributed by atoms with Gasteiger partial charge >= 0.3 is 0 Å². The summed E-state index contributed by atoms with van der Waals surface area (Å²) in [6.45, 7) is 0.670. The number of hydrogen-bond donors (Lipinski definition) is 1. The van der Waals surface area contributed by atoms with Crippen LogP contribution in [0.5, 0.6) is 0 Å². The fourth-order valence-electron chi connectivity index (χ4n) is 3.24. The van der Waals surface area contributed by atoms with Gasteiger partial charge in [-0.25, -0.2) is 0 Å². The van der Waals surface area contributed by atoms with Crippen LogP contribution in [-0.2, 0) is 11.2 Å². The molecule has 0 fully saturated rings. The third-order valence-electron chi connectivity index (χ3n) is 4.45. The number of amides is 1. The van der Waals surface area contributed by atoms with Crippen LogP contribution in [0.1, 0.15) is 17.5 Å². The topological polar surface area (TPSA) is 46.3 Å². The SMILES string of the molecule is Nc1ccccc1C1=CC(Cc2ccccc2)N(C(=O)CCl)CC1. The number of carbonyl (C=O) groups excluding carboxylic acids is 1. The van der Waals surface area contributed by atoms with E-state index in [0.717, 1.165) is 24.1 Å². The first-order valence-corrected chi connectivity index (χ1v) is 8.67. The predicted octanol–water partition coefficient (Wildman–Crippen LogP) is 3.73. The summed E-state index contributed by atoms with van der Waals surface area (Å²) in [6, 6.07) is 18.1. The van der Waals surface area contributed by atoms with Crippen LogP contribution in [-0.4, -0.2) is 29.3 Å². The number of hydrogen-bond acceptors (Lipinski definition) is 2. The molecule has 0 spiro atoms. The molecule has 0 bridgehead atoms. The van der Waals surface area contributed by atoms with Gasteiger partial charge in [-0.1, -0.05) is 54.6 Å². The van der Waals surface area contributed by atoms with E-state index in [-0.39, 0.29) is 17.8 Å². The van der Waals surface area contributed by atoms with Crippen LogP contribution < -0.4 is 5.73 Å². The molecule has 3 nitrogen and oxygen atoms in total. The van der Waals surface area contributed by atoms with Crippen LogP contribution in [0.4, 0.5) is 5.69 Å². The normalized spacial score (nSPS) is 17.5. The number of nitrogen functional groups attached to an aromatic ring is 1. The maximum Gasteiger partial charge on any atom is 0.238 e. The van der Waals surface area contributed by atoms with E-state index < -0.39 is 0 Å². The number of nitrogens with two attached hydrogens (primary N) is 1. The third kappa shape index (κ3) is 3.62. The first kappa shape index (κ1) is 16.6. The highest BCUT2D eigenvalue weighted by Crippen LogP contribution is 2.30. The van der Waals surface area contributed by atoms with Crippen molar-refractivity contribution in [2.75, 3.05) is 18.2 Å². The lowest BCUT2D eigenvalue weighted by Gasteiger charge is -2.35. The van der Waals surface area contributed by atoms with E-state index in [0.29, 0.717) is 6.54 Å². The molecule has 1 atom stereocenters. The van der Waals surface area contributed by atoms with Crippen molar-refractivity contribution >= 4 is 28.8 Å².